The molecule has 1 aliphatic carbocycles. The predicted octanol–water partition coefficient (Wildman–Crippen LogP) is 4.21. The van der Waals surface area contributed by atoms with Crippen molar-refractivity contribution in [3.05, 3.63) is 65.7 Å². The highest BCUT2D eigenvalue weighted by Gasteiger charge is 2.70. The molecule has 2 heterocycles. The Balaban J connectivity index is 1.71. The first kappa shape index (κ1) is 16.5. The van der Waals surface area contributed by atoms with E-state index in [1.807, 2.05) is 48.5 Å². The van der Waals surface area contributed by atoms with Crippen LogP contribution in [0, 0.1) is 5.41 Å². The van der Waals surface area contributed by atoms with Crippen molar-refractivity contribution in [3.8, 4) is 0 Å². The van der Waals surface area contributed by atoms with Gasteiger partial charge in [0.1, 0.15) is 5.60 Å². The summed E-state index contributed by atoms with van der Waals surface area (Å²) in [6.07, 6.45) is 5.28. The van der Waals surface area contributed by atoms with Gasteiger partial charge in [-0.05, 0) is 49.3 Å². The molecule has 0 bridgehead atoms. The fraction of sp³-hybridized carbons (Fsp3) is 0.391. The number of fused-ring (bicyclic) bond motifs is 4. The lowest BCUT2D eigenvalue weighted by Crippen LogP contribution is -2.52. The number of amides is 1. The van der Waals surface area contributed by atoms with Gasteiger partial charge in [0.15, 0.2) is 5.41 Å². The maximum atomic E-state index is 13.4. The van der Waals surface area contributed by atoms with Gasteiger partial charge < -0.3 is 10.1 Å². The molecule has 2 aromatic rings. The Labute approximate surface area is 158 Å². The Kier molecular flexibility index (Phi) is 3.64. The fourth-order valence-electron chi connectivity index (χ4n) is 5.48. The average Bonchev–Trinajstić information content (AvgIpc) is 2.92. The summed E-state index contributed by atoms with van der Waals surface area (Å²) in [7, 11) is 0. The summed E-state index contributed by atoms with van der Waals surface area (Å²) in [5.41, 5.74) is 1.10. The van der Waals surface area contributed by atoms with E-state index < -0.39 is 11.0 Å². The molecule has 1 N–H and O–H groups in total. The van der Waals surface area contributed by atoms with E-state index in [1.54, 1.807) is 0 Å². The highest BCUT2D eigenvalue weighted by molar-refractivity contribution is 6.14. The zero-order valence-electron chi connectivity index (χ0n) is 15.2. The van der Waals surface area contributed by atoms with Gasteiger partial charge in [-0.3, -0.25) is 9.59 Å². The van der Waals surface area contributed by atoms with Crippen LogP contribution >= 0.6 is 0 Å². The van der Waals surface area contributed by atoms with Gasteiger partial charge in [0.2, 0.25) is 5.91 Å². The Morgan fingerprint density at radius 2 is 1.63 bits per heavy atom. The number of hydrogen-bond acceptors (Lipinski definition) is 3. The van der Waals surface area contributed by atoms with Gasteiger partial charge in [-0.15, -0.1) is 0 Å². The number of rotatable bonds is 2. The van der Waals surface area contributed by atoms with Gasteiger partial charge in [0.05, 0.1) is 5.92 Å². The highest BCUT2D eigenvalue weighted by atomic mass is 16.6. The molecule has 3 aliphatic rings. The van der Waals surface area contributed by atoms with Crippen LogP contribution in [0.1, 0.15) is 49.1 Å². The molecule has 5 rings (SSSR count). The maximum Gasteiger partial charge on any atom is 0.323 e. The van der Waals surface area contributed by atoms with Crippen LogP contribution < -0.4 is 5.32 Å². The number of esters is 1. The molecule has 1 amide bonds. The molecular weight excluding hydrogens is 338 g/mol. The molecule has 27 heavy (non-hydrogen) atoms. The smallest absolute Gasteiger partial charge is 0.323 e. The van der Waals surface area contributed by atoms with Crippen LogP contribution in [0.5, 0.6) is 0 Å². The number of nitrogens with one attached hydrogen (secondary N) is 1. The van der Waals surface area contributed by atoms with Crippen LogP contribution in [0.25, 0.3) is 0 Å². The van der Waals surface area contributed by atoms with Crippen LogP contribution in [-0.2, 0) is 20.7 Å². The van der Waals surface area contributed by atoms with Crippen LogP contribution in [-0.4, -0.2) is 17.5 Å². The number of para-hydroxylation sites is 1. The Hall–Kier alpha value is -2.62. The average molecular weight is 361 g/mol. The van der Waals surface area contributed by atoms with Gasteiger partial charge in [0.25, 0.3) is 0 Å². The Morgan fingerprint density at radius 1 is 0.926 bits per heavy atom. The molecule has 138 valence electrons. The third kappa shape index (κ3) is 2.29. The summed E-state index contributed by atoms with van der Waals surface area (Å²) < 4.78 is 6.14. The zero-order chi connectivity index (χ0) is 18.5. The quantitative estimate of drug-likeness (QED) is 0.644. The first-order chi connectivity index (χ1) is 13.2. The summed E-state index contributed by atoms with van der Waals surface area (Å²) in [5.74, 6) is -0.810. The molecule has 2 atom stereocenters. The lowest BCUT2D eigenvalue weighted by atomic mass is 9.59. The summed E-state index contributed by atoms with van der Waals surface area (Å²) in [4.78, 5) is 26.7. The van der Waals surface area contributed by atoms with E-state index in [9.17, 15) is 9.59 Å². The van der Waals surface area contributed by atoms with Crippen molar-refractivity contribution < 1.29 is 14.3 Å². The second kappa shape index (κ2) is 5.95. The van der Waals surface area contributed by atoms with Crippen molar-refractivity contribution in [1.29, 1.82) is 0 Å². The first-order valence-electron chi connectivity index (χ1n) is 9.83. The molecule has 1 spiro atoms. The molecule has 2 aliphatic heterocycles. The van der Waals surface area contributed by atoms with Crippen LogP contribution in [0.2, 0.25) is 0 Å². The SMILES string of the molecule is O=C1Nc2ccccc2[C@@H]2C3(CCCCC3)OC(=O)[C@]12Cc1ccccc1. The molecule has 4 nitrogen and oxygen atoms in total. The fourth-order valence-corrected chi connectivity index (χ4v) is 5.48. The van der Waals surface area contributed by atoms with Gasteiger partial charge in [-0.25, -0.2) is 0 Å². The highest BCUT2D eigenvalue weighted by Crippen LogP contribution is 2.61. The maximum absolute atomic E-state index is 13.4. The predicted molar refractivity (Wildman–Crippen MR) is 102 cm³/mol. The number of carbonyl (C=O) groups is 2. The third-order valence-corrected chi connectivity index (χ3v) is 6.63. The summed E-state index contributed by atoms with van der Waals surface area (Å²) in [5, 5.41) is 3.01. The standard InChI is InChI=1S/C23H23NO3/c25-20-23(15-16-9-3-1-4-10-16)19(17-11-5-6-12-18(17)24-20)22(27-21(23)26)13-7-2-8-14-22/h1,3-6,9-12,19H,2,7-8,13-15H2,(H,24,25)/t19-,23+/m1/s1. The van der Waals surface area contributed by atoms with E-state index >= 15 is 0 Å². The van der Waals surface area contributed by atoms with Crippen LogP contribution in [0.15, 0.2) is 54.6 Å². The van der Waals surface area contributed by atoms with Gasteiger partial charge in [0, 0.05) is 5.69 Å². The van der Waals surface area contributed by atoms with E-state index in [0.717, 1.165) is 48.9 Å². The Bertz CT molecular complexity index is 901. The summed E-state index contributed by atoms with van der Waals surface area (Å²) in [6, 6.07) is 17.7. The van der Waals surface area contributed by atoms with Crippen LogP contribution in [0.3, 0.4) is 0 Å². The number of hydrogen-bond donors (Lipinski definition) is 1. The van der Waals surface area contributed by atoms with E-state index in [-0.39, 0.29) is 17.8 Å². The molecular formula is C23H23NO3. The molecule has 0 unspecified atom stereocenters. The Morgan fingerprint density at radius 3 is 2.41 bits per heavy atom. The van der Waals surface area contributed by atoms with Crippen molar-refractivity contribution in [2.45, 2.75) is 50.0 Å². The monoisotopic (exact) mass is 361 g/mol. The largest absolute Gasteiger partial charge is 0.458 e. The lowest BCUT2D eigenvalue weighted by Gasteiger charge is -2.43. The summed E-state index contributed by atoms with van der Waals surface area (Å²) >= 11 is 0. The minimum atomic E-state index is -1.19. The van der Waals surface area contributed by atoms with E-state index in [0.29, 0.717) is 6.42 Å². The number of benzene rings is 2. The molecule has 2 fully saturated rings. The van der Waals surface area contributed by atoms with Crippen molar-refractivity contribution in [1.82, 2.24) is 0 Å². The molecule has 4 heteroatoms. The van der Waals surface area contributed by atoms with Crippen molar-refractivity contribution in [2.75, 3.05) is 5.32 Å². The molecule has 1 saturated carbocycles. The lowest BCUT2D eigenvalue weighted by molar-refractivity contribution is -0.157. The van der Waals surface area contributed by atoms with Gasteiger partial charge in [-0.1, -0.05) is 55.0 Å². The number of carbonyl (C=O) groups excluding carboxylic acids is 2. The zero-order valence-corrected chi connectivity index (χ0v) is 15.2. The van der Waals surface area contributed by atoms with Gasteiger partial charge >= 0.3 is 5.97 Å². The van der Waals surface area contributed by atoms with Crippen LogP contribution in [0.4, 0.5) is 5.69 Å². The van der Waals surface area contributed by atoms with E-state index in [2.05, 4.69) is 11.4 Å². The first-order valence-corrected chi connectivity index (χ1v) is 9.83. The van der Waals surface area contributed by atoms with Crippen molar-refractivity contribution in [2.24, 2.45) is 5.41 Å². The normalized spacial score (nSPS) is 28.2. The second-order valence-electron chi connectivity index (χ2n) is 8.12. The van der Waals surface area contributed by atoms with Crippen molar-refractivity contribution in [3.63, 3.8) is 0 Å². The topological polar surface area (TPSA) is 55.4 Å². The third-order valence-electron chi connectivity index (χ3n) is 6.63. The molecule has 1 saturated heterocycles. The molecule has 0 radical (unpaired) electrons. The summed E-state index contributed by atoms with van der Waals surface area (Å²) in [6.45, 7) is 0. The van der Waals surface area contributed by atoms with E-state index in [1.165, 1.54) is 0 Å². The van der Waals surface area contributed by atoms with Crippen molar-refractivity contribution >= 4 is 17.6 Å². The minimum absolute atomic E-state index is 0.220. The second-order valence-corrected chi connectivity index (χ2v) is 8.12. The van der Waals surface area contributed by atoms with E-state index in [4.69, 9.17) is 4.74 Å². The number of ether oxygens (including phenoxy) is 1. The van der Waals surface area contributed by atoms with Gasteiger partial charge in [-0.2, -0.15) is 0 Å². The minimum Gasteiger partial charge on any atom is -0.458 e. The molecule has 2 aromatic carbocycles. The number of anilines is 1. The molecule has 0 aromatic heterocycles.